The van der Waals surface area contributed by atoms with Crippen LogP contribution in [0.15, 0.2) is 24.3 Å². The molecule has 0 spiro atoms. The predicted molar refractivity (Wildman–Crippen MR) is 67.1 cm³/mol. The summed E-state index contributed by atoms with van der Waals surface area (Å²) in [4.78, 5) is 0. The molecule has 0 heterocycles. The molecule has 0 aliphatic rings. The fourth-order valence-corrected chi connectivity index (χ4v) is 1.81. The molecule has 1 heteroatoms. The monoisotopic (exact) mass is 205 g/mol. The summed E-state index contributed by atoms with van der Waals surface area (Å²) in [5, 5.41) is 0. The highest BCUT2D eigenvalue weighted by atomic mass is 14.5. The lowest BCUT2D eigenvalue weighted by atomic mass is 9.88. The molecule has 1 aromatic carbocycles. The van der Waals surface area contributed by atoms with E-state index in [1.165, 1.54) is 24.0 Å². The second kappa shape index (κ2) is 5.92. The Labute approximate surface area is 93.7 Å². The third-order valence-corrected chi connectivity index (χ3v) is 3.27. The van der Waals surface area contributed by atoms with Crippen LogP contribution in [0, 0.1) is 5.92 Å². The summed E-state index contributed by atoms with van der Waals surface area (Å²) in [7, 11) is 0. The van der Waals surface area contributed by atoms with Gasteiger partial charge >= 0.3 is 0 Å². The fraction of sp³-hybridized carbons (Fsp3) is 0.571. The predicted octanol–water partition coefficient (Wildman–Crippen LogP) is 3.34. The van der Waals surface area contributed by atoms with Crippen LogP contribution in [-0.2, 0) is 6.42 Å². The fourth-order valence-electron chi connectivity index (χ4n) is 1.81. The molecule has 1 aromatic rings. The molecule has 0 radical (unpaired) electrons. The van der Waals surface area contributed by atoms with Crippen LogP contribution in [0.2, 0.25) is 0 Å². The molecule has 15 heavy (non-hydrogen) atoms. The van der Waals surface area contributed by atoms with E-state index in [1.54, 1.807) is 0 Å². The van der Waals surface area contributed by atoms with E-state index in [4.69, 9.17) is 5.73 Å². The maximum absolute atomic E-state index is 5.69. The molecule has 2 unspecified atom stereocenters. The summed E-state index contributed by atoms with van der Waals surface area (Å²) in [6.45, 7) is 7.45. The van der Waals surface area contributed by atoms with Gasteiger partial charge in [0, 0.05) is 0 Å². The summed E-state index contributed by atoms with van der Waals surface area (Å²) in [5.74, 6) is 1.12. The highest BCUT2D eigenvalue weighted by Crippen LogP contribution is 2.23. The molecule has 0 aromatic heterocycles. The van der Waals surface area contributed by atoms with Crippen molar-refractivity contribution in [3.63, 3.8) is 0 Å². The minimum absolute atomic E-state index is 0.557. The van der Waals surface area contributed by atoms with Crippen LogP contribution in [0.4, 0.5) is 0 Å². The zero-order valence-electron chi connectivity index (χ0n) is 10.2. The van der Waals surface area contributed by atoms with Crippen LogP contribution in [-0.4, -0.2) is 6.54 Å². The average molecular weight is 205 g/mol. The van der Waals surface area contributed by atoms with Crippen molar-refractivity contribution in [1.82, 2.24) is 0 Å². The van der Waals surface area contributed by atoms with Gasteiger partial charge in [0.15, 0.2) is 0 Å². The third-order valence-electron chi connectivity index (χ3n) is 3.27. The SMILES string of the molecule is CCCc1ccc(C(C)C(C)CN)cc1. The van der Waals surface area contributed by atoms with E-state index in [0.29, 0.717) is 11.8 Å². The van der Waals surface area contributed by atoms with Crippen LogP contribution < -0.4 is 5.73 Å². The van der Waals surface area contributed by atoms with E-state index in [1.807, 2.05) is 0 Å². The average Bonchev–Trinajstić information content (AvgIpc) is 2.28. The normalized spacial score (nSPS) is 14.9. The van der Waals surface area contributed by atoms with Gasteiger partial charge in [-0.2, -0.15) is 0 Å². The maximum atomic E-state index is 5.69. The number of hydrogen-bond acceptors (Lipinski definition) is 1. The Bertz CT molecular complexity index is 276. The number of rotatable bonds is 5. The van der Waals surface area contributed by atoms with Gasteiger partial charge in [-0.15, -0.1) is 0 Å². The van der Waals surface area contributed by atoms with Gasteiger partial charge in [0.25, 0.3) is 0 Å². The van der Waals surface area contributed by atoms with E-state index >= 15 is 0 Å². The van der Waals surface area contributed by atoms with Crippen LogP contribution in [0.25, 0.3) is 0 Å². The Morgan fingerprint density at radius 1 is 1.13 bits per heavy atom. The molecule has 1 rings (SSSR count). The van der Waals surface area contributed by atoms with Crippen LogP contribution in [0.1, 0.15) is 44.2 Å². The van der Waals surface area contributed by atoms with Crippen molar-refractivity contribution >= 4 is 0 Å². The summed E-state index contributed by atoms with van der Waals surface area (Å²) in [5.41, 5.74) is 8.54. The molecule has 2 N–H and O–H groups in total. The largest absolute Gasteiger partial charge is 0.330 e. The van der Waals surface area contributed by atoms with Gasteiger partial charge in [-0.25, -0.2) is 0 Å². The van der Waals surface area contributed by atoms with Gasteiger partial charge in [0.05, 0.1) is 0 Å². The second-order valence-electron chi connectivity index (χ2n) is 4.49. The van der Waals surface area contributed by atoms with E-state index in [0.717, 1.165) is 6.54 Å². The Morgan fingerprint density at radius 2 is 1.73 bits per heavy atom. The highest BCUT2D eigenvalue weighted by Gasteiger charge is 2.12. The molecule has 0 aliphatic carbocycles. The summed E-state index contributed by atoms with van der Waals surface area (Å²) >= 11 is 0. The Balaban J connectivity index is 2.70. The van der Waals surface area contributed by atoms with Gasteiger partial charge in [-0.1, -0.05) is 51.5 Å². The maximum Gasteiger partial charge on any atom is -0.00458 e. The first-order valence-electron chi connectivity index (χ1n) is 5.98. The molecular formula is C14H23N. The zero-order valence-corrected chi connectivity index (χ0v) is 10.2. The van der Waals surface area contributed by atoms with Gasteiger partial charge in [-0.3, -0.25) is 0 Å². The van der Waals surface area contributed by atoms with Gasteiger partial charge < -0.3 is 5.73 Å². The van der Waals surface area contributed by atoms with E-state index in [2.05, 4.69) is 45.0 Å². The third kappa shape index (κ3) is 3.35. The molecule has 84 valence electrons. The van der Waals surface area contributed by atoms with Crippen molar-refractivity contribution in [1.29, 1.82) is 0 Å². The number of aryl methyl sites for hydroxylation is 1. The standard InChI is InChI=1S/C14H23N/c1-4-5-13-6-8-14(9-7-13)12(3)11(2)10-15/h6-9,11-12H,4-5,10,15H2,1-3H3. The van der Waals surface area contributed by atoms with Gasteiger partial charge in [0.1, 0.15) is 0 Å². The van der Waals surface area contributed by atoms with E-state index in [9.17, 15) is 0 Å². The number of benzene rings is 1. The van der Waals surface area contributed by atoms with Crippen LogP contribution >= 0.6 is 0 Å². The minimum atomic E-state index is 0.557. The van der Waals surface area contributed by atoms with Crippen molar-refractivity contribution in [2.45, 2.75) is 39.5 Å². The quantitative estimate of drug-likeness (QED) is 0.784. The molecule has 0 saturated heterocycles. The van der Waals surface area contributed by atoms with Crippen LogP contribution in [0.5, 0.6) is 0 Å². The Hall–Kier alpha value is -0.820. The van der Waals surface area contributed by atoms with Crippen molar-refractivity contribution in [3.8, 4) is 0 Å². The lowest BCUT2D eigenvalue weighted by molar-refractivity contribution is 0.499. The molecule has 0 fully saturated rings. The number of hydrogen-bond donors (Lipinski definition) is 1. The lowest BCUT2D eigenvalue weighted by Gasteiger charge is -2.18. The first-order valence-corrected chi connectivity index (χ1v) is 5.98. The summed E-state index contributed by atoms with van der Waals surface area (Å²) in [6, 6.07) is 9.00. The van der Waals surface area contributed by atoms with Crippen molar-refractivity contribution in [2.75, 3.05) is 6.54 Å². The first kappa shape index (κ1) is 12.3. The lowest BCUT2D eigenvalue weighted by Crippen LogP contribution is -2.16. The van der Waals surface area contributed by atoms with E-state index in [-0.39, 0.29) is 0 Å². The Kier molecular flexibility index (Phi) is 4.83. The molecular weight excluding hydrogens is 182 g/mol. The first-order chi connectivity index (χ1) is 7.19. The highest BCUT2D eigenvalue weighted by molar-refractivity contribution is 5.25. The molecule has 0 bridgehead atoms. The topological polar surface area (TPSA) is 26.0 Å². The van der Waals surface area contributed by atoms with Gasteiger partial charge in [-0.05, 0) is 35.9 Å². The smallest absolute Gasteiger partial charge is 0.00458 e. The zero-order chi connectivity index (χ0) is 11.3. The molecule has 2 atom stereocenters. The Morgan fingerprint density at radius 3 is 2.20 bits per heavy atom. The minimum Gasteiger partial charge on any atom is -0.330 e. The molecule has 0 amide bonds. The van der Waals surface area contributed by atoms with E-state index < -0.39 is 0 Å². The van der Waals surface area contributed by atoms with Crippen LogP contribution in [0.3, 0.4) is 0 Å². The molecule has 0 aliphatic heterocycles. The van der Waals surface area contributed by atoms with Crippen molar-refractivity contribution in [3.05, 3.63) is 35.4 Å². The van der Waals surface area contributed by atoms with Crippen molar-refractivity contribution in [2.24, 2.45) is 11.7 Å². The number of nitrogens with two attached hydrogens (primary N) is 1. The summed E-state index contributed by atoms with van der Waals surface area (Å²) < 4.78 is 0. The summed E-state index contributed by atoms with van der Waals surface area (Å²) in [6.07, 6.45) is 2.40. The molecule has 0 saturated carbocycles. The van der Waals surface area contributed by atoms with Gasteiger partial charge in [0.2, 0.25) is 0 Å². The van der Waals surface area contributed by atoms with Crippen molar-refractivity contribution < 1.29 is 0 Å². The second-order valence-corrected chi connectivity index (χ2v) is 4.49. The molecule has 1 nitrogen and oxygen atoms in total.